The Balaban J connectivity index is 2.42. The molecule has 0 bridgehead atoms. The van der Waals surface area contributed by atoms with Gasteiger partial charge in [-0.2, -0.15) is 8.78 Å². The summed E-state index contributed by atoms with van der Waals surface area (Å²) in [6.07, 6.45) is -2.47. The highest BCUT2D eigenvalue weighted by Crippen LogP contribution is 2.28. The Hall–Kier alpha value is -0.490. The maximum absolute atomic E-state index is 12.4. The van der Waals surface area contributed by atoms with Gasteiger partial charge in [-0.25, -0.2) is 9.37 Å². The Kier molecular flexibility index (Phi) is 4.66. The number of hydrogen-bond acceptors (Lipinski definition) is 3. The second-order valence-corrected chi connectivity index (χ2v) is 5.43. The summed E-state index contributed by atoms with van der Waals surface area (Å²) in [7, 11) is 0. The van der Waals surface area contributed by atoms with Crippen LogP contribution in [0.4, 0.5) is 13.2 Å². The SMILES string of the molecule is Cc1nc(SCCC(F)=C(F)F)sc1C. The largest absolute Gasteiger partial charge is 0.301 e. The standard InChI is InChI=1S/C9H10F3NS2/c1-5-6(2)15-9(13-5)14-4-3-7(10)8(11)12/h3-4H2,1-2H3. The normalized spacial score (nSPS) is 10.5. The van der Waals surface area contributed by atoms with E-state index in [1.807, 2.05) is 13.8 Å². The van der Waals surface area contributed by atoms with E-state index < -0.39 is 11.9 Å². The lowest BCUT2D eigenvalue weighted by Gasteiger charge is -1.94. The number of allylic oxidation sites excluding steroid dienone is 1. The van der Waals surface area contributed by atoms with Crippen LogP contribution in [0.1, 0.15) is 17.0 Å². The highest BCUT2D eigenvalue weighted by Gasteiger charge is 2.07. The molecule has 84 valence electrons. The topological polar surface area (TPSA) is 12.9 Å². The van der Waals surface area contributed by atoms with Crippen molar-refractivity contribution in [2.24, 2.45) is 0 Å². The molecule has 6 heteroatoms. The zero-order valence-electron chi connectivity index (χ0n) is 8.31. The van der Waals surface area contributed by atoms with Crippen molar-refractivity contribution in [3.05, 3.63) is 22.5 Å². The van der Waals surface area contributed by atoms with Crippen molar-refractivity contribution >= 4 is 23.1 Å². The van der Waals surface area contributed by atoms with E-state index in [0.29, 0.717) is 0 Å². The summed E-state index contributed by atoms with van der Waals surface area (Å²) in [5.41, 5.74) is 0.940. The highest BCUT2D eigenvalue weighted by molar-refractivity contribution is 8.01. The Morgan fingerprint density at radius 3 is 2.47 bits per heavy atom. The summed E-state index contributed by atoms with van der Waals surface area (Å²) < 4.78 is 36.6. The fourth-order valence-corrected chi connectivity index (χ4v) is 2.98. The molecule has 0 aliphatic heterocycles. The number of thiazole rings is 1. The van der Waals surface area contributed by atoms with E-state index in [4.69, 9.17) is 0 Å². The molecule has 0 unspecified atom stereocenters. The Labute approximate surface area is 94.4 Å². The lowest BCUT2D eigenvalue weighted by molar-refractivity contribution is 0.373. The molecule has 15 heavy (non-hydrogen) atoms. The molecule has 1 rings (SSSR count). The number of nitrogens with zero attached hydrogens (tertiary/aromatic N) is 1. The predicted molar refractivity (Wildman–Crippen MR) is 57.3 cm³/mol. The van der Waals surface area contributed by atoms with Crippen LogP contribution in [0.3, 0.4) is 0 Å². The molecule has 0 amide bonds. The lowest BCUT2D eigenvalue weighted by atomic mass is 10.4. The monoisotopic (exact) mass is 253 g/mol. The van der Waals surface area contributed by atoms with Crippen molar-refractivity contribution in [1.82, 2.24) is 4.98 Å². The van der Waals surface area contributed by atoms with Gasteiger partial charge in [-0.15, -0.1) is 11.3 Å². The van der Waals surface area contributed by atoms with Gasteiger partial charge in [-0.05, 0) is 13.8 Å². The molecular formula is C9H10F3NS2. The number of halogens is 3. The van der Waals surface area contributed by atoms with E-state index in [-0.39, 0.29) is 12.2 Å². The van der Waals surface area contributed by atoms with E-state index in [9.17, 15) is 13.2 Å². The Bertz CT molecular complexity index is 350. The fraction of sp³-hybridized carbons (Fsp3) is 0.444. The Morgan fingerprint density at radius 1 is 1.33 bits per heavy atom. The zero-order valence-corrected chi connectivity index (χ0v) is 9.94. The first-order valence-corrected chi connectivity index (χ1v) is 6.07. The van der Waals surface area contributed by atoms with Gasteiger partial charge in [0.05, 0.1) is 5.69 Å². The molecule has 1 aromatic rings. The van der Waals surface area contributed by atoms with Crippen LogP contribution in [0.15, 0.2) is 16.2 Å². The fourth-order valence-electron chi connectivity index (χ4n) is 0.827. The second kappa shape index (κ2) is 5.55. The van der Waals surface area contributed by atoms with Crippen LogP contribution in [0, 0.1) is 13.8 Å². The van der Waals surface area contributed by atoms with Crippen LogP contribution in [0.5, 0.6) is 0 Å². The molecule has 0 saturated carbocycles. The van der Waals surface area contributed by atoms with Crippen LogP contribution >= 0.6 is 23.1 Å². The zero-order chi connectivity index (χ0) is 11.4. The van der Waals surface area contributed by atoms with Crippen molar-refractivity contribution in [3.63, 3.8) is 0 Å². The molecule has 1 nitrogen and oxygen atoms in total. The number of aromatic nitrogens is 1. The molecule has 1 aromatic heterocycles. The third-order valence-electron chi connectivity index (χ3n) is 1.76. The maximum Gasteiger partial charge on any atom is 0.301 e. The minimum Gasteiger partial charge on any atom is -0.235 e. The molecule has 0 saturated heterocycles. The van der Waals surface area contributed by atoms with E-state index >= 15 is 0 Å². The second-order valence-electron chi connectivity index (χ2n) is 2.89. The third-order valence-corrected chi connectivity index (χ3v) is 3.98. The van der Waals surface area contributed by atoms with E-state index in [0.717, 1.165) is 14.9 Å². The minimum atomic E-state index is -2.22. The van der Waals surface area contributed by atoms with Crippen molar-refractivity contribution in [1.29, 1.82) is 0 Å². The van der Waals surface area contributed by atoms with Gasteiger partial charge in [-0.3, -0.25) is 0 Å². The van der Waals surface area contributed by atoms with Crippen molar-refractivity contribution < 1.29 is 13.2 Å². The molecule has 0 aliphatic carbocycles. The van der Waals surface area contributed by atoms with Gasteiger partial charge in [0.1, 0.15) is 4.34 Å². The van der Waals surface area contributed by atoms with E-state index in [1.165, 1.54) is 23.1 Å². The quantitative estimate of drug-likeness (QED) is 0.741. The molecule has 1 heterocycles. The first-order chi connectivity index (χ1) is 7.00. The van der Waals surface area contributed by atoms with E-state index in [1.54, 1.807) is 0 Å². The van der Waals surface area contributed by atoms with Crippen LogP contribution < -0.4 is 0 Å². The van der Waals surface area contributed by atoms with Crippen molar-refractivity contribution in [3.8, 4) is 0 Å². The van der Waals surface area contributed by atoms with Crippen LogP contribution in [0.25, 0.3) is 0 Å². The van der Waals surface area contributed by atoms with Gasteiger partial charge < -0.3 is 0 Å². The first-order valence-electron chi connectivity index (χ1n) is 4.27. The van der Waals surface area contributed by atoms with Crippen molar-refractivity contribution in [2.75, 3.05) is 5.75 Å². The minimum absolute atomic E-state index is 0.245. The molecule has 0 fully saturated rings. The number of hydrogen-bond donors (Lipinski definition) is 0. The average molecular weight is 253 g/mol. The predicted octanol–water partition coefficient (Wildman–Crippen LogP) is 4.32. The molecule has 0 aliphatic rings. The summed E-state index contributed by atoms with van der Waals surface area (Å²) in [6.45, 7) is 3.83. The molecule has 0 radical (unpaired) electrons. The number of aryl methyl sites for hydroxylation is 2. The Morgan fingerprint density at radius 2 is 2.00 bits per heavy atom. The maximum atomic E-state index is 12.4. The summed E-state index contributed by atoms with van der Waals surface area (Å²) in [4.78, 5) is 5.31. The highest BCUT2D eigenvalue weighted by atomic mass is 32.2. The molecule has 0 aromatic carbocycles. The first kappa shape index (κ1) is 12.6. The lowest BCUT2D eigenvalue weighted by Crippen LogP contribution is -1.82. The average Bonchev–Trinajstić information content (AvgIpc) is 2.46. The van der Waals surface area contributed by atoms with Gasteiger partial charge in [0.15, 0.2) is 5.83 Å². The van der Waals surface area contributed by atoms with Gasteiger partial charge >= 0.3 is 6.08 Å². The summed E-state index contributed by atoms with van der Waals surface area (Å²) in [6, 6.07) is 0. The van der Waals surface area contributed by atoms with E-state index in [2.05, 4.69) is 4.98 Å². The van der Waals surface area contributed by atoms with Crippen LogP contribution in [0.2, 0.25) is 0 Å². The third kappa shape index (κ3) is 3.87. The van der Waals surface area contributed by atoms with Crippen LogP contribution in [-0.2, 0) is 0 Å². The number of thioether (sulfide) groups is 1. The molecule has 0 atom stereocenters. The summed E-state index contributed by atoms with van der Waals surface area (Å²) in [5, 5.41) is 0. The van der Waals surface area contributed by atoms with Crippen molar-refractivity contribution in [2.45, 2.75) is 24.6 Å². The van der Waals surface area contributed by atoms with Gasteiger partial charge in [0.25, 0.3) is 0 Å². The smallest absolute Gasteiger partial charge is 0.235 e. The summed E-state index contributed by atoms with van der Waals surface area (Å²) >= 11 is 2.80. The molecular weight excluding hydrogens is 243 g/mol. The summed E-state index contributed by atoms with van der Waals surface area (Å²) in [5.74, 6) is -1.04. The molecule has 0 N–H and O–H groups in total. The molecule has 0 spiro atoms. The van der Waals surface area contributed by atoms with Gasteiger partial charge in [0, 0.05) is 17.1 Å². The van der Waals surface area contributed by atoms with Crippen LogP contribution in [-0.4, -0.2) is 10.7 Å². The van der Waals surface area contributed by atoms with Gasteiger partial charge in [-0.1, -0.05) is 11.8 Å². The van der Waals surface area contributed by atoms with Gasteiger partial charge in [0.2, 0.25) is 0 Å². The number of rotatable bonds is 4.